The van der Waals surface area contributed by atoms with E-state index in [1.807, 2.05) is 0 Å². The van der Waals surface area contributed by atoms with Crippen molar-refractivity contribution in [1.82, 2.24) is 0 Å². The molecule has 1 aromatic rings. The highest BCUT2D eigenvalue weighted by molar-refractivity contribution is 5.68. The van der Waals surface area contributed by atoms with E-state index in [0.717, 1.165) is 19.4 Å². The summed E-state index contributed by atoms with van der Waals surface area (Å²) in [6.07, 6.45) is 3.57. The number of methoxy groups -OCH3 is 1. The minimum Gasteiger partial charge on any atom is -0.494 e. The van der Waals surface area contributed by atoms with Gasteiger partial charge in [-0.1, -0.05) is 0 Å². The van der Waals surface area contributed by atoms with Crippen LogP contribution in [0.3, 0.4) is 0 Å². The molecule has 0 aliphatic carbocycles. The van der Waals surface area contributed by atoms with E-state index >= 15 is 0 Å². The first-order valence-corrected chi connectivity index (χ1v) is 6.19. The van der Waals surface area contributed by atoms with E-state index in [0.29, 0.717) is 17.9 Å². The molecule has 0 amide bonds. The first-order chi connectivity index (χ1) is 8.70. The van der Waals surface area contributed by atoms with Crippen molar-refractivity contribution in [2.24, 2.45) is 0 Å². The molecule has 5 heteroatoms. The minimum atomic E-state index is -0.450. The topological polar surface area (TPSA) is 56.5 Å². The highest BCUT2D eigenvalue weighted by atomic mass is 19.1. The number of hydrogen-bond acceptors (Lipinski definition) is 4. The number of anilines is 2. The smallest absolute Gasteiger partial charge is 0.167 e. The maximum absolute atomic E-state index is 13.4. The molecule has 1 unspecified atom stereocenters. The third-order valence-electron chi connectivity index (χ3n) is 3.12. The van der Waals surface area contributed by atoms with Crippen molar-refractivity contribution < 1.29 is 13.9 Å². The molecule has 1 atom stereocenters. The van der Waals surface area contributed by atoms with E-state index in [4.69, 9.17) is 15.2 Å². The van der Waals surface area contributed by atoms with E-state index in [2.05, 4.69) is 5.32 Å². The number of hydrogen-bond donors (Lipinski definition) is 2. The van der Waals surface area contributed by atoms with Crippen LogP contribution in [0.2, 0.25) is 0 Å². The Morgan fingerprint density at radius 2 is 2.33 bits per heavy atom. The summed E-state index contributed by atoms with van der Waals surface area (Å²) in [4.78, 5) is 0. The van der Waals surface area contributed by atoms with Crippen molar-refractivity contribution in [1.29, 1.82) is 0 Å². The Morgan fingerprint density at radius 1 is 1.50 bits per heavy atom. The molecule has 2 rings (SSSR count). The Hall–Kier alpha value is -1.49. The number of halogens is 1. The third kappa shape index (κ3) is 3.04. The summed E-state index contributed by atoms with van der Waals surface area (Å²) in [5, 5.41) is 3.19. The predicted molar refractivity (Wildman–Crippen MR) is 69.4 cm³/mol. The van der Waals surface area contributed by atoms with Crippen LogP contribution in [0.1, 0.15) is 19.3 Å². The van der Waals surface area contributed by atoms with Crippen molar-refractivity contribution in [3.63, 3.8) is 0 Å². The number of rotatable bonds is 4. The number of ether oxygens (including phenoxy) is 2. The Balaban J connectivity index is 1.99. The Labute approximate surface area is 106 Å². The molecule has 1 aliphatic rings. The van der Waals surface area contributed by atoms with Crippen LogP contribution in [0.25, 0.3) is 0 Å². The lowest BCUT2D eigenvalue weighted by molar-refractivity contribution is 0.0248. The van der Waals surface area contributed by atoms with E-state index in [-0.39, 0.29) is 11.9 Å². The van der Waals surface area contributed by atoms with Crippen LogP contribution < -0.4 is 15.8 Å². The van der Waals surface area contributed by atoms with Crippen molar-refractivity contribution >= 4 is 11.4 Å². The Kier molecular flexibility index (Phi) is 4.25. The summed E-state index contributed by atoms with van der Waals surface area (Å²) in [7, 11) is 1.43. The zero-order chi connectivity index (χ0) is 13.0. The molecule has 0 spiro atoms. The monoisotopic (exact) mass is 254 g/mol. The second-order valence-corrected chi connectivity index (χ2v) is 4.44. The second-order valence-electron chi connectivity index (χ2n) is 4.44. The van der Waals surface area contributed by atoms with Crippen LogP contribution in [0.15, 0.2) is 12.1 Å². The maximum Gasteiger partial charge on any atom is 0.167 e. The van der Waals surface area contributed by atoms with E-state index in [1.54, 1.807) is 6.07 Å². The summed E-state index contributed by atoms with van der Waals surface area (Å²) in [6, 6.07) is 2.84. The number of nitrogens with two attached hydrogens (primary N) is 1. The summed E-state index contributed by atoms with van der Waals surface area (Å²) >= 11 is 0. The van der Waals surface area contributed by atoms with E-state index in [9.17, 15) is 4.39 Å². The molecule has 4 nitrogen and oxygen atoms in total. The van der Waals surface area contributed by atoms with Gasteiger partial charge in [-0.05, 0) is 19.3 Å². The van der Waals surface area contributed by atoms with Gasteiger partial charge in [0.1, 0.15) is 0 Å². The molecule has 0 aromatic heterocycles. The van der Waals surface area contributed by atoms with Crippen LogP contribution in [0.5, 0.6) is 5.75 Å². The molecule has 100 valence electrons. The summed E-state index contributed by atoms with van der Waals surface area (Å²) in [5.41, 5.74) is 6.82. The summed E-state index contributed by atoms with van der Waals surface area (Å²) < 4.78 is 23.9. The zero-order valence-corrected chi connectivity index (χ0v) is 10.5. The molecule has 3 N–H and O–H groups in total. The second kappa shape index (κ2) is 5.91. The van der Waals surface area contributed by atoms with Gasteiger partial charge in [-0.2, -0.15) is 0 Å². The minimum absolute atomic E-state index is 0.191. The van der Waals surface area contributed by atoms with Crippen molar-refractivity contribution in [2.45, 2.75) is 25.4 Å². The van der Waals surface area contributed by atoms with Gasteiger partial charge in [-0.15, -0.1) is 0 Å². The fraction of sp³-hybridized carbons (Fsp3) is 0.538. The van der Waals surface area contributed by atoms with Crippen molar-refractivity contribution in [3.8, 4) is 5.75 Å². The normalized spacial score (nSPS) is 19.6. The van der Waals surface area contributed by atoms with Crippen molar-refractivity contribution in [3.05, 3.63) is 17.9 Å². The lowest BCUT2D eigenvalue weighted by atomic mass is 10.1. The third-order valence-corrected chi connectivity index (χ3v) is 3.12. The standard InChI is InChI=1S/C13H19FN2O2/c1-17-13-7-12(11(15)6-10(13)14)16-8-9-4-2-3-5-18-9/h6-7,9,16H,2-5,8,15H2,1H3. The molecule has 18 heavy (non-hydrogen) atoms. The predicted octanol–water partition coefficient (Wildman–Crippen LogP) is 2.40. The van der Waals surface area contributed by atoms with Gasteiger partial charge in [0.05, 0.1) is 24.6 Å². The van der Waals surface area contributed by atoms with Gasteiger partial charge >= 0.3 is 0 Å². The summed E-state index contributed by atoms with van der Waals surface area (Å²) in [5.74, 6) is -0.259. The molecule has 1 aliphatic heterocycles. The molecule has 1 saturated heterocycles. The first kappa shape index (κ1) is 13.0. The maximum atomic E-state index is 13.4. The Morgan fingerprint density at radius 3 is 3.00 bits per heavy atom. The van der Waals surface area contributed by atoms with Crippen LogP contribution in [0, 0.1) is 5.82 Å². The van der Waals surface area contributed by atoms with Gasteiger partial charge in [0, 0.05) is 25.3 Å². The van der Waals surface area contributed by atoms with Gasteiger partial charge in [0.2, 0.25) is 0 Å². The fourth-order valence-electron chi connectivity index (χ4n) is 2.07. The van der Waals surface area contributed by atoms with Gasteiger partial charge in [-0.3, -0.25) is 0 Å². The lowest BCUT2D eigenvalue weighted by Gasteiger charge is -2.23. The van der Waals surface area contributed by atoms with Gasteiger partial charge in [-0.25, -0.2) is 4.39 Å². The van der Waals surface area contributed by atoms with Crippen LogP contribution in [0.4, 0.5) is 15.8 Å². The van der Waals surface area contributed by atoms with Gasteiger partial charge < -0.3 is 20.5 Å². The lowest BCUT2D eigenvalue weighted by Crippen LogP contribution is -2.27. The molecule has 0 saturated carbocycles. The molecular weight excluding hydrogens is 235 g/mol. The number of nitrogen functional groups attached to an aromatic ring is 1. The van der Waals surface area contributed by atoms with E-state index < -0.39 is 5.82 Å². The van der Waals surface area contributed by atoms with Crippen LogP contribution in [-0.4, -0.2) is 26.4 Å². The highest BCUT2D eigenvalue weighted by Gasteiger charge is 2.14. The summed E-state index contributed by atoms with van der Waals surface area (Å²) in [6.45, 7) is 1.49. The molecule has 1 fully saturated rings. The molecular formula is C13H19FN2O2. The first-order valence-electron chi connectivity index (χ1n) is 6.19. The van der Waals surface area contributed by atoms with Gasteiger partial charge in [0.15, 0.2) is 11.6 Å². The Bertz CT molecular complexity index is 406. The zero-order valence-electron chi connectivity index (χ0n) is 10.5. The van der Waals surface area contributed by atoms with Crippen molar-refractivity contribution in [2.75, 3.05) is 31.3 Å². The highest BCUT2D eigenvalue weighted by Crippen LogP contribution is 2.28. The average molecular weight is 254 g/mol. The number of benzene rings is 1. The fourth-order valence-corrected chi connectivity index (χ4v) is 2.07. The SMILES string of the molecule is COc1cc(NCC2CCCCO2)c(N)cc1F. The van der Waals surface area contributed by atoms with E-state index in [1.165, 1.54) is 19.6 Å². The quantitative estimate of drug-likeness (QED) is 0.810. The van der Waals surface area contributed by atoms with Crippen LogP contribution in [-0.2, 0) is 4.74 Å². The van der Waals surface area contributed by atoms with Gasteiger partial charge in [0.25, 0.3) is 0 Å². The molecule has 1 heterocycles. The van der Waals surface area contributed by atoms with Crippen LogP contribution >= 0.6 is 0 Å². The largest absolute Gasteiger partial charge is 0.494 e. The number of nitrogens with one attached hydrogen (secondary N) is 1. The average Bonchev–Trinajstić information content (AvgIpc) is 2.39. The molecule has 0 bridgehead atoms. The molecule has 1 aromatic carbocycles. The molecule has 0 radical (unpaired) electrons.